The Balaban J connectivity index is 1.49. The molecule has 1 N–H and O–H groups in total. The van der Waals surface area contributed by atoms with E-state index < -0.39 is 18.5 Å². The SMILES string of the molecule is Cc1cc(C)c(NC(=O)COC(=O)c2cnn3c(-c4ccccc4)ccnc23)c(Cl)c1. The fraction of sp³-hybridized carbons (Fsp3) is 0.130. The van der Waals surface area contributed by atoms with Crippen LogP contribution in [-0.2, 0) is 9.53 Å². The number of benzene rings is 2. The number of hydrogen-bond donors (Lipinski definition) is 1. The maximum absolute atomic E-state index is 12.6. The van der Waals surface area contributed by atoms with Crippen LogP contribution in [0.15, 0.2) is 60.9 Å². The Morgan fingerprint density at radius 3 is 2.65 bits per heavy atom. The van der Waals surface area contributed by atoms with Crippen LogP contribution in [0, 0.1) is 13.8 Å². The van der Waals surface area contributed by atoms with Crippen molar-refractivity contribution in [3.8, 4) is 11.3 Å². The van der Waals surface area contributed by atoms with Crippen LogP contribution in [-0.4, -0.2) is 33.1 Å². The average Bonchev–Trinajstić information content (AvgIpc) is 3.19. The number of rotatable bonds is 5. The summed E-state index contributed by atoms with van der Waals surface area (Å²) in [5.74, 6) is -1.17. The third kappa shape index (κ3) is 4.27. The molecule has 156 valence electrons. The Bertz CT molecular complexity index is 1260. The molecular formula is C23H19ClN4O3. The van der Waals surface area contributed by atoms with Crippen molar-refractivity contribution in [2.75, 3.05) is 11.9 Å². The van der Waals surface area contributed by atoms with Gasteiger partial charge < -0.3 is 10.1 Å². The number of amides is 1. The Hall–Kier alpha value is -3.71. The van der Waals surface area contributed by atoms with Crippen molar-refractivity contribution in [3.63, 3.8) is 0 Å². The highest BCUT2D eigenvalue weighted by molar-refractivity contribution is 6.34. The molecule has 2 aromatic carbocycles. The number of aryl methyl sites for hydroxylation is 2. The number of hydrogen-bond acceptors (Lipinski definition) is 5. The molecule has 0 bridgehead atoms. The number of fused-ring (bicyclic) bond motifs is 1. The van der Waals surface area contributed by atoms with Gasteiger partial charge in [-0.05, 0) is 37.1 Å². The average molecular weight is 435 g/mol. The number of aromatic nitrogens is 3. The summed E-state index contributed by atoms with van der Waals surface area (Å²) in [7, 11) is 0. The van der Waals surface area contributed by atoms with E-state index in [-0.39, 0.29) is 5.56 Å². The van der Waals surface area contributed by atoms with Crippen LogP contribution in [0.2, 0.25) is 5.02 Å². The fourth-order valence-electron chi connectivity index (χ4n) is 3.32. The van der Waals surface area contributed by atoms with Crippen molar-refractivity contribution in [2.24, 2.45) is 0 Å². The van der Waals surface area contributed by atoms with Gasteiger partial charge in [0.15, 0.2) is 12.3 Å². The Labute approximate surface area is 183 Å². The lowest BCUT2D eigenvalue weighted by Gasteiger charge is -2.11. The van der Waals surface area contributed by atoms with Crippen LogP contribution in [0.3, 0.4) is 0 Å². The van der Waals surface area contributed by atoms with Crippen molar-refractivity contribution in [3.05, 3.63) is 82.6 Å². The predicted octanol–water partition coefficient (Wildman–Crippen LogP) is 4.46. The van der Waals surface area contributed by atoms with Crippen LogP contribution in [0.5, 0.6) is 0 Å². The van der Waals surface area contributed by atoms with Gasteiger partial charge in [-0.25, -0.2) is 14.3 Å². The Morgan fingerprint density at radius 2 is 1.90 bits per heavy atom. The second-order valence-corrected chi connectivity index (χ2v) is 7.46. The molecular weight excluding hydrogens is 416 g/mol. The quantitative estimate of drug-likeness (QED) is 0.468. The summed E-state index contributed by atoms with van der Waals surface area (Å²) in [4.78, 5) is 29.1. The summed E-state index contributed by atoms with van der Waals surface area (Å²) in [5, 5.41) is 7.40. The van der Waals surface area contributed by atoms with Crippen molar-refractivity contribution < 1.29 is 14.3 Å². The highest BCUT2D eigenvalue weighted by atomic mass is 35.5. The van der Waals surface area contributed by atoms with Crippen LogP contribution in [0.4, 0.5) is 5.69 Å². The standard InChI is InChI=1S/C23H19ClN4O3/c1-14-10-15(2)21(18(24)11-14)27-20(29)13-31-23(30)17-12-26-28-19(8-9-25-22(17)28)16-6-4-3-5-7-16/h3-12H,13H2,1-2H3,(H,27,29). The molecule has 7 nitrogen and oxygen atoms in total. The first-order valence-electron chi connectivity index (χ1n) is 9.56. The van der Waals surface area contributed by atoms with Crippen LogP contribution in [0.25, 0.3) is 16.9 Å². The largest absolute Gasteiger partial charge is 0.452 e. The third-order valence-electron chi connectivity index (χ3n) is 4.72. The van der Waals surface area contributed by atoms with Crippen molar-refractivity contribution in [2.45, 2.75) is 13.8 Å². The topological polar surface area (TPSA) is 85.6 Å². The molecule has 2 aromatic heterocycles. The summed E-state index contributed by atoms with van der Waals surface area (Å²) >= 11 is 6.21. The zero-order chi connectivity index (χ0) is 22.0. The number of carbonyl (C=O) groups excluding carboxylic acids is 2. The molecule has 31 heavy (non-hydrogen) atoms. The minimum absolute atomic E-state index is 0.176. The number of carbonyl (C=O) groups is 2. The van der Waals surface area contributed by atoms with Gasteiger partial charge in [0.25, 0.3) is 5.91 Å². The van der Waals surface area contributed by atoms with Gasteiger partial charge in [0.1, 0.15) is 5.56 Å². The predicted molar refractivity (Wildman–Crippen MR) is 118 cm³/mol. The first-order chi connectivity index (χ1) is 14.9. The van der Waals surface area contributed by atoms with Gasteiger partial charge in [-0.3, -0.25) is 4.79 Å². The van der Waals surface area contributed by atoms with E-state index in [1.165, 1.54) is 6.20 Å². The van der Waals surface area contributed by atoms with Gasteiger partial charge in [-0.1, -0.05) is 48.0 Å². The summed E-state index contributed by atoms with van der Waals surface area (Å²) in [6.07, 6.45) is 2.99. The molecule has 0 spiro atoms. The van der Waals surface area contributed by atoms with E-state index in [0.29, 0.717) is 16.4 Å². The van der Waals surface area contributed by atoms with E-state index in [1.54, 1.807) is 16.8 Å². The van der Waals surface area contributed by atoms with Crippen molar-refractivity contribution in [1.82, 2.24) is 14.6 Å². The van der Waals surface area contributed by atoms with E-state index in [1.807, 2.05) is 56.3 Å². The Kier molecular flexibility index (Phi) is 5.68. The molecule has 0 aliphatic rings. The van der Waals surface area contributed by atoms with Crippen molar-refractivity contribution in [1.29, 1.82) is 0 Å². The molecule has 2 heterocycles. The third-order valence-corrected chi connectivity index (χ3v) is 5.02. The maximum atomic E-state index is 12.6. The smallest absolute Gasteiger partial charge is 0.344 e. The molecule has 0 fully saturated rings. The molecule has 0 saturated heterocycles. The second kappa shape index (κ2) is 8.57. The molecule has 0 saturated carbocycles. The van der Waals surface area contributed by atoms with E-state index in [0.717, 1.165) is 22.4 Å². The number of halogens is 1. The number of nitrogens with one attached hydrogen (secondary N) is 1. The monoisotopic (exact) mass is 434 g/mol. The summed E-state index contributed by atoms with van der Waals surface area (Å²) in [6, 6.07) is 15.1. The van der Waals surface area contributed by atoms with Crippen molar-refractivity contribution >= 4 is 34.8 Å². The first kappa shape index (κ1) is 20.6. The molecule has 0 aliphatic heterocycles. The summed E-state index contributed by atoms with van der Waals surface area (Å²) in [5.41, 5.74) is 4.56. The van der Waals surface area contributed by atoms with Gasteiger partial charge in [-0.2, -0.15) is 5.10 Å². The van der Waals surface area contributed by atoms with Crippen LogP contribution < -0.4 is 5.32 Å². The first-order valence-corrected chi connectivity index (χ1v) is 9.93. The molecule has 0 unspecified atom stereocenters. The van der Waals surface area contributed by atoms with Crippen LogP contribution >= 0.6 is 11.6 Å². The molecule has 0 aliphatic carbocycles. The maximum Gasteiger partial charge on any atom is 0.344 e. The molecule has 0 radical (unpaired) electrons. The zero-order valence-corrected chi connectivity index (χ0v) is 17.7. The number of ether oxygens (including phenoxy) is 1. The highest BCUT2D eigenvalue weighted by Crippen LogP contribution is 2.27. The highest BCUT2D eigenvalue weighted by Gasteiger charge is 2.19. The second-order valence-electron chi connectivity index (χ2n) is 7.05. The minimum Gasteiger partial charge on any atom is -0.452 e. The van der Waals surface area contributed by atoms with Gasteiger partial charge in [-0.15, -0.1) is 0 Å². The molecule has 0 atom stereocenters. The number of esters is 1. The lowest BCUT2D eigenvalue weighted by atomic mass is 10.1. The summed E-state index contributed by atoms with van der Waals surface area (Å²) in [6.45, 7) is 3.30. The van der Waals surface area contributed by atoms with Gasteiger partial charge in [0.05, 0.1) is 22.6 Å². The number of nitrogens with zero attached hydrogens (tertiary/aromatic N) is 3. The normalized spacial score (nSPS) is 10.8. The molecule has 1 amide bonds. The molecule has 8 heteroatoms. The lowest BCUT2D eigenvalue weighted by Crippen LogP contribution is -2.21. The van der Waals surface area contributed by atoms with E-state index in [4.69, 9.17) is 16.3 Å². The zero-order valence-electron chi connectivity index (χ0n) is 16.9. The molecule has 4 aromatic rings. The van der Waals surface area contributed by atoms with Gasteiger partial charge in [0, 0.05) is 11.8 Å². The van der Waals surface area contributed by atoms with E-state index in [9.17, 15) is 9.59 Å². The van der Waals surface area contributed by atoms with E-state index >= 15 is 0 Å². The Morgan fingerprint density at radius 1 is 1.13 bits per heavy atom. The fourth-order valence-corrected chi connectivity index (χ4v) is 3.69. The number of anilines is 1. The van der Waals surface area contributed by atoms with Crippen LogP contribution in [0.1, 0.15) is 21.5 Å². The van der Waals surface area contributed by atoms with Gasteiger partial charge >= 0.3 is 5.97 Å². The van der Waals surface area contributed by atoms with E-state index in [2.05, 4.69) is 15.4 Å². The molecule has 4 rings (SSSR count). The minimum atomic E-state index is -0.686. The summed E-state index contributed by atoms with van der Waals surface area (Å²) < 4.78 is 6.76. The van der Waals surface area contributed by atoms with Gasteiger partial charge in [0.2, 0.25) is 0 Å². The lowest BCUT2D eigenvalue weighted by molar-refractivity contribution is -0.119.